The maximum atomic E-state index is 5.89. The van der Waals surface area contributed by atoms with E-state index in [0.29, 0.717) is 0 Å². The molecule has 0 aromatic carbocycles. The van der Waals surface area contributed by atoms with Crippen molar-refractivity contribution in [3.8, 4) is 0 Å². The van der Waals surface area contributed by atoms with Crippen LogP contribution in [0.15, 0.2) is 0 Å². The number of rotatable bonds is 34. The van der Waals surface area contributed by atoms with E-state index >= 15 is 0 Å². The molecule has 6 unspecified atom stereocenters. The predicted octanol–water partition coefficient (Wildman–Crippen LogP) is 13.0. The Morgan fingerprint density at radius 2 is 0.581 bits per heavy atom. The average molecular weight is 835 g/mol. The summed E-state index contributed by atoms with van der Waals surface area (Å²) < 4.78 is 19.2. The van der Waals surface area contributed by atoms with Crippen LogP contribution >= 0.6 is 45.2 Å². The van der Waals surface area contributed by atoms with Crippen LogP contribution in [0.1, 0.15) is 170 Å². The molecule has 260 valence electrons. The van der Waals surface area contributed by atoms with Gasteiger partial charge in [-0.2, -0.15) is 0 Å². The third-order valence-electron chi connectivity index (χ3n) is 8.69. The molecule has 0 aliphatic carbocycles. The molecular formula is C38H76I2O3. The molecule has 0 aromatic heterocycles. The van der Waals surface area contributed by atoms with Crippen molar-refractivity contribution in [3.63, 3.8) is 0 Å². The van der Waals surface area contributed by atoms with Gasteiger partial charge in [0.25, 0.3) is 0 Å². The van der Waals surface area contributed by atoms with Crippen molar-refractivity contribution in [1.82, 2.24) is 0 Å². The second-order valence-corrected chi connectivity index (χ2v) is 18.5. The lowest BCUT2D eigenvalue weighted by Crippen LogP contribution is -2.08. The van der Waals surface area contributed by atoms with E-state index < -0.39 is 0 Å². The van der Waals surface area contributed by atoms with Gasteiger partial charge in [-0.15, -0.1) is 0 Å². The summed E-state index contributed by atoms with van der Waals surface area (Å²) in [5, 5.41) is 0. The van der Waals surface area contributed by atoms with Crippen molar-refractivity contribution in [1.29, 1.82) is 0 Å². The molecule has 0 saturated carbocycles. The number of unbranched alkanes of at least 4 members (excludes halogenated alkanes) is 10. The van der Waals surface area contributed by atoms with Gasteiger partial charge in [-0.1, -0.05) is 138 Å². The minimum atomic E-state index is 0.797. The van der Waals surface area contributed by atoms with Gasteiger partial charge >= 0.3 is 0 Å². The maximum Gasteiger partial charge on any atom is 0.0466 e. The highest BCUT2D eigenvalue weighted by Gasteiger charge is 2.12. The molecule has 0 amide bonds. The first-order valence-electron chi connectivity index (χ1n) is 18.7. The first kappa shape index (κ1) is 44.3. The topological polar surface area (TPSA) is 27.7 Å². The van der Waals surface area contributed by atoms with E-state index in [1.54, 1.807) is 0 Å². The van der Waals surface area contributed by atoms with E-state index in [2.05, 4.69) is 86.7 Å². The van der Waals surface area contributed by atoms with Crippen molar-refractivity contribution in [2.24, 2.45) is 23.7 Å². The fourth-order valence-electron chi connectivity index (χ4n) is 6.52. The third kappa shape index (κ3) is 36.0. The Bertz CT molecular complexity index is 499. The minimum absolute atomic E-state index is 0.797. The predicted molar refractivity (Wildman–Crippen MR) is 208 cm³/mol. The minimum Gasteiger partial charge on any atom is -0.381 e. The number of hydrogen-bond acceptors (Lipinski definition) is 3. The monoisotopic (exact) mass is 834 g/mol. The Morgan fingerprint density at radius 3 is 0.860 bits per heavy atom. The van der Waals surface area contributed by atoms with Gasteiger partial charge in [-0.05, 0) is 101 Å². The van der Waals surface area contributed by atoms with Crippen LogP contribution in [0.3, 0.4) is 0 Å². The normalized spacial score (nSPS) is 16.2. The summed E-state index contributed by atoms with van der Waals surface area (Å²) in [5.41, 5.74) is 0. The second-order valence-electron chi connectivity index (χ2n) is 14.3. The van der Waals surface area contributed by atoms with Gasteiger partial charge in [-0.25, -0.2) is 0 Å². The average Bonchev–Trinajstić information content (AvgIpc) is 2.92. The van der Waals surface area contributed by atoms with E-state index in [4.69, 9.17) is 14.2 Å². The molecule has 0 bridgehead atoms. The Balaban J connectivity index is 3.21. The zero-order valence-electron chi connectivity index (χ0n) is 29.8. The fourth-order valence-corrected chi connectivity index (χ4v) is 8.25. The van der Waals surface area contributed by atoms with Crippen molar-refractivity contribution in [2.45, 2.75) is 178 Å². The van der Waals surface area contributed by atoms with E-state index in [0.717, 1.165) is 71.2 Å². The number of ether oxygens (including phenoxy) is 3. The first-order valence-corrected chi connectivity index (χ1v) is 21.2. The molecule has 0 fully saturated rings. The number of halogens is 2. The molecule has 5 heteroatoms. The smallest absolute Gasteiger partial charge is 0.0466 e. The summed E-state index contributed by atoms with van der Waals surface area (Å²) in [6.45, 7) is 20.0. The zero-order valence-corrected chi connectivity index (χ0v) is 34.1. The van der Waals surface area contributed by atoms with Crippen molar-refractivity contribution >= 4 is 45.2 Å². The molecule has 0 aliphatic heterocycles. The first-order chi connectivity index (χ1) is 20.7. The summed E-state index contributed by atoms with van der Waals surface area (Å²) in [7, 11) is 0. The quantitative estimate of drug-likeness (QED) is 0.0367. The maximum absolute atomic E-state index is 5.89. The van der Waals surface area contributed by atoms with E-state index in [9.17, 15) is 0 Å². The Kier molecular flexibility index (Phi) is 34.3. The van der Waals surface area contributed by atoms with Crippen LogP contribution in [0.5, 0.6) is 0 Å². The lowest BCUT2D eigenvalue weighted by Gasteiger charge is -2.18. The third-order valence-corrected chi connectivity index (χ3v) is 9.71. The van der Waals surface area contributed by atoms with E-state index in [1.807, 2.05) is 0 Å². The van der Waals surface area contributed by atoms with Crippen LogP contribution < -0.4 is 0 Å². The Morgan fingerprint density at radius 1 is 0.326 bits per heavy atom. The van der Waals surface area contributed by atoms with Gasteiger partial charge in [0.05, 0.1) is 0 Å². The van der Waals surface area contributed by atoms with Gasteiger partial charge in [0.1, 0.15) is 0 Å². The lowest BCUT2D eigenvalue weighted by atomic mass is 9.91. The van der Waals surface area contributed by atoms with Crippen molar-refractivity contribution in [3.05, 3.63) is 0 Å². The molecule has 0 heterocycles. The fraction of sp³-hybridized carbons (Fsp3) is 1.00. The standard InChI is InChI=1S/C38H76I2O3/c1-33(29-35(3)31-37(5)39)21-19-27-42-25-17-13-9-7-11-15-23-41-24-16-12-8-10-14-18-26-43-28-20-22-34(2)30-36(4)32-38(6)40/h33-38H,7-32H2,1-6H3. The highest BCUT2D eigenvalue weighted by molar-refractivity contribution is 14.1. The molecule has 43 heavy (non-hydrogen) atoms. The van der Waals surface area contributed by atoms with Crippen molar-refractivity contribution in [2.75, 3.05) is 39.6 Å². The summed E-state index contributed by atoms with van der Waals surface area (Å²) >= 11 is 5.11. The summed E-state index contributed by atoms with van der Waals surface area (Å²) in [4.78, 5) is 0. The highest BCUT2D eigenvalue weighted by Crippen LogP contribution is 2.24. The number of alkyl halides is 2. The van der Waals surface area contributed by atoms with Gasteiger partial charge in [0.2, 0.25) is 0 Å². The largest absolute Gasteiger partial charge is 0.381 e. The Labute approximate surface area is 298 Å². The van der Waals surface area contributed by atoms with Crippen LogP contribution in [-0.2, 0) is 14.2 Å². The summed E-state index contributed by atoms with van der Waals surface area (Å²) in [5.74, 6) is 3.38. The molecule has 3 nitrogen and oxygen atoms in total. The van der Waals surface area contributed by atoms with Crippen LogP contribution in [0.4, 0.5) is 0 Å². The molecule has 0 N–H and O–H groups in total. The lowest BCUT2D eigenvalue weighted by molar-refractivity contribution is 0.120. The van der Waals surface area contributed by atoms with Gasteiger partial charge in [-0.3, -0.25) is 0 Å². The molecule has 6 atom stereocenters. The van der Waals surface area contributed by atoms with Crippen LogP contribution in [0.2, 0.25) is 0 Å². The van der Waals surface area contributed by atoms with Crippen LogP contribution in [0.25, 0.3) is 0 Å². The summed E-state index contributed by atoms with van der Waals surface area (Å²) in [6, 6.07) is 0. The van der Waals surface area contributed by atoms with Crippen LogP contribution in [-0.4, -0.2) is 47.5 Å². The molecular weight excluding hydrogens is 758 g/mol. The molecule has 0 rings (SSSR count). The van der Waals surface area contributed by atoms with Gasteiger partial charge < -0.3 is 14.2 Å². The molecule has 0 aliphatic rings. The Hall–Kier alpha value is 1.34. The van der Waals surface area contributed by atoms with E-state index in [-0.39, 0.29) is 0 Å². The molecule has 0 radical (unpaired) electrons. The molecule has 0 spiro atoms. The molecule has 0 saturated heterocycles. The number of hydrogen-bond donors (Lipinski definition) is 0. The van der Waals surface area contributed by atoms with Gasteiger partial charge in [0, 0.05) is 47.5 Å². The van der Waals surface area contributed by atoms with Crippen molar-refractivity contribution < 1.29 is 14.2 Å². The SMILES string of the molecule is CC(I)CC(C)CC(C)CCCOCCCCCCCCOCCCCCCCCOCCCC(C)CC(C)CC(C)I. The second kappa shape index (κ2) is 33.2. The van der Waals surface area contributed by atoms with Crippen LogP contribution in [0, 0.1) is 23.7 Å². The molecule has 0 aromatic rings. The van der Waals surface area contributed by atoms with E-state index in [1.165, 1.54) is 128 Å². The summed E-state index contributed by atoms with van der Waals surface area (Å²) in [6.07, 6.45) is 26.0. The zero-order chi connectivity index (χ0) is 32.0. The highest BCUT2D eigenvalue weighted by atomic mass is 127. The van der Waals surface area contributed by atoms with Gasteiger partial charge in [0.15, 0.2) is 0 Å².